The molecule has 2 heterocycles. The van der Waals surface area contributed by atoms with E-state index in [2.05, 4.69) is 10.3 Å². The van der Waals surface area contributed by atoms with Gasteiger partial charge in [0.15, 0.2) is 4.80 Å². The molecule has 2 aromatic heterocycles. The average Bonchev–Trinajstić information content (AvgIpc) is 3.22. The number of amides is 2. The van der Waals surface area contributed by atoms with Crippen molar-refractivity contribution in [2.45, 2.75) is 6.92 Å². The minimum atomic E-state index is -0.463. The van der Waals surface area contributed by atoms with Crippen LogP contribution in [-0.4, -0.2) is 21.3 Å². The van der Waals surface area contributed by atoms with Gasteiger partial charge >= 0.3 is 0 Å². The van der Waals surface area contributed by atoms with Crippen LogP contribution in [0.15, 0.2) is 47.5 Å². The number of anilines is 1. The zero-order valence-electron chi connectivity index (χ0n) is 15.3. The van der Waals surface area contributed by atoms with Crippen molar-refractivity contribution in [3.63, 3.8) is 0 Å². The number of aryl methyl sites for hydroxylation is 1. The SMILES string of the molecule is CC(=O)Nc1ccc2c(c1)sc(=NC(=O)c1cc3cc([N+](=O)[O-])ccc3s1)n2C. The van der Waals surface area contributed by atoms with Crippen LogP contribution >= 0.6 is 22.7 Å². The Morgan fingerprint density at radius 3 is 2.62 bits per heavy atom. The third-order valence-electron chi connectivity index (χ3n) is 4.25. The number of aromatic nitrogens is 1. The van der Waals surface area contributed by atoms with Gasteiger partial charge in [0, 0.05) is 41.9 Å². The Morgan fingerprint density at radius 2 is 1.90 bits per heavy atom. The highest BCUT2D eigenvalue weighted by Crippen LogP contribution is 2.29. The van der Waals surface area contributed by atoms with Crippen LogP contribution in [0.2, 0.25) is 0 Å². The molecule has 4 rings (SSSR count). The summed E-state index contributed by atoms with van der Waals surface area (Å²) in [4.78, 5) is 39.6. The first-order valence-electron chi connectivity index (χ1n) is 8.46. The fourth-order valence-electron chi connectivity index (χ4n) is 2.91. The summed E-state index contributed by atoms with van der Waals surface area (Å²) in [7, 11) is 1.82. The van der Waals surface area contributed by atoms with Crippen molar-refractivity contribution < 1.29 is 14.5 Å². The standard InChI is InChI=1S/C19H14N4O4S2/c1-10(24)20-12-3-5-14-16(9-12)29-19(22(14)2)21-18(25)17-8-11-7-13(23(26)27)4-6-15(11)28-17/h3-9H,1-2H3,(H,20,24). The summed E-state index contributed by atoms with van der Waals surface area (Å²) in [5, 5.41) is 14.3. The van der Waals surface area contributed by atoms with Gasteiger partial charge in [-0.15, -0.1) is 11.3 Å². The van der Waals surface area contributed by atoms with Gasteiger partial charge in [-0.25, -0.2) is 0 Å². The van der Waals surface area contributed by atoms with Gasteiger partial charge in [0.1, 0.15) is 0 Å². The number of thiazole rings is 1. The Morgan fingerprint density at radius 1 is 1.10 bits per heavy atom. The molecule has 0 aliphatic rings. The van der Waals surface area contributed by atoms with Gasteiger partial charge in [-0.1, -0.05) is 11.3 Å². The Labute approximate surface area is 171 Å². The number of nitro benzene ring substituents is 1. The first kappa shape index (κ1) is 19.0. The predicted molar refractivity (Wildman–Crippen MR) is 113 cm³/mol. The molecular formula is C19H14N4O4S2. The van der Waals surface area contributed by atoms with Gasteiger partial charge in [-0.05, 0) is 30.3 Å². The van der Waals surface area contributed by atoms with E-state index in [1.54, 1.807) is 18.2 Å². The molecule has 146 valence electrons. The van der Waals surface area contributed by atoms with Gasteiger partial charge in [-0.2, -0.15) is 4.99 Å². The van der Waals surface area contributed by atoms with Crippen LogP contribution < -0.4 is 10.1 Å². The van der Waals surface area contributed by atoms with Crippen LogP contribution in [0.1, 0.15) is 16.6 Å². The van der Waals surface area contributed by atoms with Crippen LogP contribution in [-0.2, 0) is 11.8 Å². The highest BCUT2D eigenvalue weighted by Gasteiger charge is 2.14. The number of nitro groups is 1. The Balaban J connectivity index is 1.73. The molecule has 2 amide bonds. The Bertz CT molecular complexity index is 1380. The first-order chi connectivity index (χ1) is 13.8. The van der Waals surface area contributed by atoms with Gasteiger partial charge in [-0.3, -0.25) is 19.7 Å². The number of thiophene rings is 1. The predicted octanol–water partition coefficient (Wildman–Crippen LogP) is 4.06. The molecule has 0 aliphatic carbocycles. The normalized spacial score (nSPS) is 11.9. The zero-order chi connectivity index (χ0) is 20.7. The molecule has 1 N–H and O–H groups in total. The summed E-state index contributed by atoms with van der Waals surface area (Å²) in [6, 6.07) is 11.6. The lowest BCUT2D eigenvalue weighted by molar-refractivity contribution is -0.384. The topological polar surface area (TPSA) is 107 Å². The highest BCUT2D eigenvalue weighted by atomic mass is 32.1. The molecule has 0 saturated carbocycles. The minimum absolute atomic E-state index is 0.0166. The fraction of sp³-hybridized carbons (Fsp3) is 0.105. The summed E-state index contributed by atoms with van der Waals surface area (Å²) >= 11 is 2.59. The van der Waals surface area contributed by atoms with Crippen molar-refractivity contribution in [2.75, 3.05) is 5.32 Å². The number of benzene rings is 2. The van der Waals surface area contributed by atoms with Crippen molar-refractivity contribution in [1.29, 1.82) is 0 Å². The van der Waals surface area contributed by atoms with Crippen LogP contribution in [0, 0.1) is 10.1 Å². The molecule has 0 spiro atoms. The molecule has 0 aliphatic heterocycles. The molecule has 0 radical (unpaired) electrons. The molecule has 0 bridgehead atoms. The average molecular weight is 426 g/mol. The van der Waals surface area contributed by atoms with Crippen molar-refractivity contribution in [3.8, 4) is 0 Å². The van der Waals surface area contributed by atoms with Gasteiger partial charge in [0.05, 0.1) is 20.0 Å². The van der Waals surface area contributed by atoms with Gasteiger partial charge in [0.2, 0.25) is 5.91 Å². The maximum atomic E-state index is 12.7. The van der Waals surface area contributed by atoms with E-state index in [4.69, 9.17) is 0 Å². The van der Waals surface area contributed by atoms with Crippen LogP contribution in [0.25, 0.3) is 20.3 Å². The number of carbonyl (C=O) groups is 2. The first-order valence-corrected chi connectivity index (χ1v) is 10.1. The molecule has 4 aromatic rings. The lowest BCUT2D eigenvalue weighted by Crippen LogP contribution is -2.12. The molecule has 2 aromatic carbocycles. The molecule has 0 saturated heterocycles. The van der Waals surface area contributed by atoms with Gasteiger partial charge in [0.25, 0.3) is 11.6 Å². The second-order valence-electron chi connectivity index (χ2n) is 6.31. The molecule has 0 unspecified atom stereocenters. The minimum Gasteiger partial charge on any atom is -0.326 e. The second kappa shape index (κ2) is 7.22. The number of nitrogens with one attached hydrogen (secondary N) is 1. The van der Waals surface area contributed by atoms with Crippen LogP contribution in [0.4, 0.5) is 11.4 Å². The lowest BCUT2D eigenvalue weighted by atomic mass is 10.2. The number of hydrogen-bond donors (Lipinski definition) is 1. The highest BCUT2D eigenvalue weighted by molar-refractivity contribution is 7.21. The monoisotopic (exact) mass is 426 g/mol. The quantitative estimate of drug-likeness (QED) is 0.394. The van der Waals surface area contributed by atoms with E-state index in [0.717, 1.165) is 14.9 Å². The third kappa shape index (κ3) is 3.67. The maximum absolute atomic E-state index is 12.7. The molecule has 0 atom stereocenters. The number of carbonyl (C=O) groups excluding carboxylic acids is 2. The Kier molecular flexibility index (Phi) is 4.73. The molecule has 10 heteroatoms. The summed E-state index contributed by atoms with van der Waals surface area (Å²) in [5.41, 5.74) is 1.55. The maximum Gasteiger partial charge on any atom is 0.289 e. The number of non-ortho nitro benzene ring substituents is 1. The van der Waals surface area contributed by atoms with E-state index in [0.29, 0.717) is 20.8 Å². The summed E-state index contributed by atoms with van der Waals surface area (Å²) in [6.45, 7) is 1.44. The van der Waals surface area contributed by atoms with Crippen LogP contribution in [0.5, 0.6) is 0 Å². The summed E-state index contributed by atoms with van der Waals surface area (Å²) < 4.78 is 3.49. The van der Waals surface area contributed by atoms with Gasteiger partial charge < -0.3 is 9.88 Å². The van der Waals surface area contributed by atoms with E-state index in [9.17, 15) is 19.7 Å². The van der Waals surface area contributed by atoms with E-state index >= 15 is 0 Å². The third-order valence-corrected chi connectivity index (χ3v) is 6.45. The van der Waals surface area contributed by atoms with Crippen molar-refractivity contribution in [1.82, 2.24) is 4.57 Å². The van der Waals surface area contributed by atoms with E-state index in [1.165, 1.54) is 41.7 Å². The second-order valence-corrected chi connectivity index (χ2v) is 8.41. The molecular weight excluding hydrogens is 412 g/mol. The van der Waals surface area contributed by atoms with Crippen LogP contribution in [0.3, 0.4) is 0 Å². The summed E-state index contributed by atoms with van der Waals surface area (Å²) in [5.74, 6) is -0.562. The van der Waals surface area contributed by atoms with Crippen molar-refractivity contribution in [3.05, 3.63) is 62.3 Å². The van der Waals surface area contributed by atoms with E-state index < -0.39 is 10.8 Å². The molecule has 8 nitrogen and oxygen atoms in total. The van der Waals surface area contributed by atoms with Crippen molar-refractivity contribution >= 4 is 66.2 Å². The number of rotatable bonds is 3. The smallest absolute Gasteiger partial charge is 0.289 e. The van der Waals surface area contributed by atoms with E-state index in [-0.39, 0.29) is 11.6 Å². The molecule has 0 fully saturated rings. The number of hydrogen-bond acceptors (Lipinski definition) is 6. The Hall–Kier alpha value is -3.37. The lowest BCUT2D eigenvalue weighted by Gasteiger charge is -2.01. The number of fused-ring (bicyclic) bond motifs is 2. The van der Waals surface area contributed by atoms with Crippen molar-refractivity contribution in [2.24, 2.45) is 12.0 Å². The largest absolute Gasteiger partial charge is 0.326 e. The number of nitrogens with zero attached hydrogens (tertiary/aromatic N) is 3. The zero-order valence-corrected chi connectivity index (χ0v) is 17.0. The summed E-state index contributed by atoms with van der Waals surface area (Å²) in [6.07, 6.45) is 0. The molecule has 29 heavy (non-hydrogen) atoms. The van der Waals surface area contributed by atoms with E-state index in [1.807, 2.05) is 23.7 Å². The fourth-order valence-corrected chi connectivity index (χ4v) is 4.90.